The van der Waals surface area contributed by atoms with Crippen molar-refractivity contribution in [1.82, 2.24) is 9.78 Å². The van der Waals surface area contributed by atoms with Crippen molar-refractivity contribution in [3.05, 3.63) is 17.0 Å². The van der Waals surface area contributed by atoms with E-state index in [1.807, 2.05) is 0 Å². The van der Waals surface area contributed by atoms with Gasteiger partial charge in [0.25, 0.3) is 0 Å². The highest BCUT2D eigenvalue weighted by Gasteiger charge is 2.19. The summed E-state index contributed by atoms with van der Waals surface area (Å²) in [6.07, 6.45) is 1.87. The first kappa shape index (κ1) is 10.6. The van der Waals surface area contributed by atoms with Gasteiger partial charge in [0.15, 0.2) is 0 Å². The Balaban J connectivity index is 2.43. The van der Waals surface area contributed by atoms with Crippen LogP contribution in [-0.2, 0) is 24.1 Å². The lowest BCUT2D eigenvalue weighted by Gasteiger charge is -2.10. The second kappa shape index (κ2) is 4.33. The third kappa shape index (κ3) is 1.92. The van der Waals surface area contributed by atoms with E-state index >= 15 is 0 Å². The Kier molecular flexibility index (Phi) is 3.07. The minimum atomic E-state index is 0.386. The zero-order valence-electron chi connectivity index (χ0n) is 9.49. The van der Waals surface area contributed by atoms with E-state index < -0.39 is 0 Å². The maximum absolute atomic E-state index is 5.81. The second-order valence-corrected chi connectivity index (χ2v) is 4.23. The van der Waals surface area contributed by atoms with Gasteiger partial charge in [-0.05, 0) is 20.3 Å². The lowest BCUT2D eigenvalue weighted by atomic mass is 10.1. The molecule has 1 aliphatic heterocycles. The first-order chi connectivity index (χ1) is 7.24. The summed E-state index contributed by atoms with van der Waals surface area (Å²) in [7, 11) is 0. The molecule has 0 saturated carbocycles. The van der Waals surface area contributed by atoms with Crippen molar-refractivity contribution < 1.29 is 4.74 Å². The van der Waals surface area contributed by atoms with Crippen LogP contribution in [0.1, 0.15) is 36.8 Å². The molecule has 2 N–H and O–H groups in total. The number of ether oxygens (including phenoxy) is 1. The summed E-state index contributed by atoms with van der Waals surface area (Å²) in [5.41, 5.74) is 9.50. The summed E-state index contributed by atoms with van der Waals surface area (Å²) < 4.78 is 7.51. The molecule has 0 radical (unpaired) electrons. The summed E-state index contributed by atoms with van der Waals surface area (Å²) in [5.74, 6) is 0. The van der Waals surface area contributed by atoms with E-state index in [2.05, 4.69) is 23.6 Å². The van der Waals surface area contributed by atoms with Crippen LogP contribution < -0.4 is 5.73 Å². The van der Waals surface area contributed by atoms with Gasteiger partial charge in [0, 0.05) is 24.6 Å². The Morgan fingerprint density at radius 2 is 2.13 bits per heavy atom. The van der Waals surface area contributed by atoms with Crippen LogP contribution in [0.4, 0.5) is 0 Å². The molecule has 0 aromatic carbocycles. The van der Waals surface area contributed by atoms with Crippen molar-refractivity contribution in [2.75, 3.05) is 13.2 Å². The summed E-state index contributed by atoms with van der Waals surface area (Å²) in [6, 6.07) is 0.386. The van der Waals surface area contributed by atoms with Crippen molar-refractivity contribution in [3.8, 4) is 0 Å². The number of nitrogens with zero attached hydrogens (tertiary/aromatic N) is 2. The van der Waals surface area contributed by atoms with Crippen LogP contribution in [0.2, 0.25) is 0 Å². The summed E-state index contributed by atoms with van der Waals surface area (Å²) in [6.45, 7) is 6.43. The quantitative estimate of drug-likeness (QED) is 0.791. The highest BCUT2D eigenvalue weighted by Crippen LogP contribution is 2.21. The van der Waals surface area contributed by atoms with Crippen LogP contribution >= 0.6 is 0 Å². The Morgan fingerprint density at radius 3 is 2.80 bits per heavy atom. The average molecular weight is 209 g/mol. The van der Waals surface area contributed by atoms with Crippen molar-refractivity contribution in [1.29, 1.82) is 0 Å². The fraction of sp³-hybridized carbons (Fsp3) is 0.727. The van der Waals surface area contributed by atoms with Crippen LogP contribution in [0, 0.1) is 0 Å². The molecule has 2 rings (SSSR count). The van der Waals surface area contributed by atoms with Crippen molar-refractivity contribution in [2.24, 2.45) is 5.73 Å². The molecule has 0 atom stereocenters. The van der Waals surface area contributed by atoms with Crippen LogP contribution in [0.3, 0.4) is 0 Å². The molecule has 2 heterocycles. The topological polar surface area (TPSA) is 53.1 Å². The van der Waals surface area contributed by atoms with Crippen molar-refractivity contribution in [3.63, 3.8) is 0 Å². The van der Waals surface area contributed by atoms with E-state index in [9.17, 15) is 0 Å². The molecular formula is C11H19N3O. The van der Waals surface area contributed by atoms with Gasteiger partial charge in [-0.25, -0.2) is 0 Å². The van der Waals surface area contributed by atoms with Crippen LogP contribution in [0.25, 0.3) is 0 Å². The Bertz CT molecular complexity index is 344. The van der Waals surface area contributed by atoms with Crippen LogP contribution in [0.5, 0.6) is 0 Å². The molecule has 1 aromatic rings. The van der Waals surface area contributed by atoms with E-state index in [0.717, 1.165) is 26.1 Å². The molecular weight excluding hydrogens is 190 g/mol. The predicted molar refractivity (Wildman–Crippen MR) is 58.7 cm³/mol. The van der Waals surface area contributed by atoms with Gasteiger partial charge >= 0.3 is 0 Å². The number of rotatable bonds is 2. The first-order valence-electron chi connectivity index (χ1n) is 5.61. The van der Waals surface area contributed by atoms with Crippen LogP contribution in [-0.4, -0.2) is 23.0 Å². The van der Waals surface area contributed by atoms with E-state index in [4.69, 9.17) is 10.5 Å². The number of nitrogens with two attached hydrogens (primary N) is 1. The molecule has 1 aromatic heterocycles. The van der Waals surface area contributed by atoms with E-state index in [0.29, 0.717) is 12.6 Å². The molecule has 84 valence electrons. The summed E-state index contributed by atoms with van der Waals surface area (Å²) in [4.78, 5) is 0. The largest absolute Gasteiger partial charge is 0.381 e. The molecule has 0 bridgehead atoms. The Labute approximate surface area is 90.4 Å². The second-order valence-electron chi connectivity index (χ2n) is 4.23. The molecule has 0 amide bonds. The molecule has 0 aliphatic carbocycles. The smallest absolute Gasteiger partial charge is 0.0683 e. The van der Waals surface area contributed by atoms with Gasteiger partial charge in [0.2, 0.25) is 0 Å². The normalized spacial score (nSPS) is 16.5. The third-order valence-corrected chi connectivity index (χ3v) is 2.86. The number of hydrogen-bond donors (Lipinski definition) is 1. The lowest BCUT2D eigenvalue weighted by molar-refractivity contribution is 0.145. The molecule has 4 nitrogen and oxygen atoms in total. The number of aromatic nitrogens is 2. The third-order valence-electron chi connectivity index (χ3n) is 2.86. The Morgan fingerprint density at radius 1 is 1.40 bits per heavy atom. The molecule has 0 saturated heterocycles. The minimum absolute atomic E-state index is 0.386. The lowest BCUT2D eigenvalue weighted by Crippen LogP contribution is -2.13. The fourth-order valence-electron chi connectivity index (χ4n) is 2.13. The van der Waals surface area contributed by atoms with Gasteiger partial charge < -0.3 is 10.5 Å². The monoisotopic (exact) mass is 209 g/mol. The first-order valence-corrected chi connectivity index (χ1v) is 5.61. The van der Waals surface area contributed by atoms with E-state index in [-0.39, 0.29) is 0 Å². The predicted octanol–water partition coefficient (Wildman–Crippen LogP) is 1.04. The molecule has 0 spiro atoms. The molecule has 1 aliphatic rings. The van der Waals surface area contributed by atoms with Gasteiger partial charge in [-0.1, -0.05) is 0 Å². The molecule has 0 fully saturated rings. The van der Waals surface area contributed by atoms with E-state index in [1.54, 1.807) is 0 Å². The van der Waals surface area contributed by atoms with Crippen molar-refractivity contribution >= 4 is 0 Å². The van der Waals surface area contributed by atoms with Gasteiger partial charge in [-0.3, -0.25) is 4.68 Å². The van der Waals surface area contributed by atoms with Gasteiger partial charge in [0.05, 0.1) is 24.6 Å². The highest BCUT2D eigenvalue weighted by atomic mass is 16.5. The molecule has 4 heteroatoms. The Hall–Kier alpha value is -0.870. The standard InChI is InChI=1S/C11H19N3O/c1-8(2)14-11(7-12)9-3-5-15-6-4-10(9)13-14/h8H,3-7,12H2,1-2H3. The fourth-order valence-corrected chi connectivity index (χ4v) is 2.13. The van der Waals surface area contributed by atoms with Gasteiger partial charge in [-0.2, -0.15) is 5.10 Å². The zero-order chi connectivity index (χ0) is 10.8. The summed E-state index contributed by atoms with van der Waals surface area (Å²) in [5, 5.41) is 4.64. The minimum Gasteiger partial charge on any atom is -0.381 e. The van der Waals surface area contributed by atoms with Crippen LogP contribution in [0.15, 0.2) is 0 Å². The van der Waals surface area contributed by atoms with E-state index in [1.165, 1.54) is 17.0 Å². The van der Waals surface area contributed by atoms with Crippen molar-refractivity contribution in [2.45, 2.75) is 39.3 Å². The molecule has 15 heavy (non-hydrogen) atoms. The van der Waals surface area contributed by atoms with Gasteiger partial charge in [0.1, 0.15) is 0 Å². The number of fused-ring (bicyclic) bond motifs is 1. The average Bonchev–Trinajstić information content (AvgIpc) is 2.40. The number of hydrogen-bond acceptors (Lipinski definition) is 3. The van der Waals surface area contributed by atoms with Gasteiger partial charge in [-0.15, -0.1) is 0 Å². The summed E-state index contributed by atoms with van der Waals surface area (Å²) >= 11 is 0. The highest BCUT2D eigenvalue weighted by molar-refractivity contribution is 5.28. The maximum atomic E-state index is 5.81. The zero-order valence-corrected chi connectivity index (χ0v) is 9.49. The maximum Gasteiger partial charge on any atom is 0.0683 e. The molecule has 0 unspecified atom stereocenters. The SMILES string of the molecule is CC(C)n1nc2c(c1CN)CCOCC2.